The molecule has 0 amide bonds. The van der Waals surface area contributed by atoms with Crippen LogP contribution in [0.3, 0.4) is 0 Å². The number of nitrogens with two attached hydrogens (primary N) is 1. The fraction of sp³-hybridized carbons (Fsp3) is 0.727. The zero-order chi connectivity index (χ0) is 11.3. The summed E-state index contributed by atoms with van der Waals surface area (Å²) in [4.78, 5) is 2.37. The summed E-state index contributed by atoms with van der Waals surface area (Å²) < 4.78 is 1.84. The Morgan fingerprint density at radius 1 is 1.60 bits per heavy atom. The van der Waals surface area contributed by atoms with E-state index in [0.29, 0.717) is 5.92 Å². The lowest BCUT2D eigenvalue weighted by Crippen LogP contribution is -2.31. The van der Waals surface area contributed by atoms with Gasteiger partial charge in [0.05, 0.1) is 5.69 Å². The maximum absolute atomic E-state index is 5.63. The van der Waals surface area contributed by atoms with Gasteiger partial charge in [-0.2, -0.15) is 5.10 Å². The van der Waals surface area contributed by atoms with Gasteiger partial charge < -0.3 is 5.73 Å². The van der Waals surface area contributed by atoms with Crippen LogP contribution in [0.15, 0.2) is 12.3 Å². The molecule has 1 rings (SSSR count). The third-order valence-electron chi connectivity index (χ3n) is 2.57. The quantitative estimate of drug-likeness (QED) is 0.757. The fourth-order valence-electron chi connectivity index (χ4n) is 1.60. The van der Waals surface area contributed by atoms with Crippen molar-refractivity contribution in [1.82, 2.24) is 14.7 Å². The number of nitrogens with zero attached hydrogens (tertiary/aromatic N) is 3. The van der Waals surface area contributed by atoms with Gasteiger partial charge in [0.1, 0.15) is 0 Å². The molecule has 4 heteroatoms. The highest BCUT2D eigenvalue weighted by atomic mass is 15.3. The topological polar surface area (TPSA) is 47.1 Å². The van der Waals surface area contributed by atoms with Crippen molar-refractivity contribution in [3.05, 3.63) is 18.0 Å². The molecule has 0 fully saturated rings. The number of hydrogen-bond donors (Lipinski definition) is 1. The van der Waals surface area contributed by atoms with Crippen molar-refractivity contribution in [2.45, 2.75) is 20.4 Å². The van der Waals surface area contributed by atoms with Crippen LogP contribution in [0.2, 0.25) is 0 Å². The first-order chi connectivity index (χ1) is 7.15. The minimum absolute atomic E-state index is 0.550. The molecule has 4 nitrogen and oxygen atoms in total. The summed E-state index contributed by atoms with van der Waals surface area (Å²) in [5, 5.41) is 4.38. The molecule has 15 heavy (non-hydrogen) atoms. The lowest BCUT2D eigenvalue weighted by atomic mass is 10.1. The van der Waals surface area contributed by atoms with E-state index in [4.69, 9.17) is 5.73 Å². The molecule has 0 aliphatic heterocycles. The average Bonchev–Trinajstić information content (AvgIpc) is 2.62. The average molecular weight is 210 g/mol. The molecule has 0 aromatic carbocycles. The highest BCUT2D eigenvalue weighted by Gasteiger charge is 2.09. The summed E-state index contributed by atoms with van der Waals surface area (Å²) in [7, 11) is 1.95. The van der Waals surface area contributed by atoms with Crippen molar-refractivity contribution in [3.63, 3.8) is 0 Å². The molecule has 2 N–H and O–H groups in total. The van der Waals surface area contributed by atoms with Gasteiger partial charge in [0.2, 0.25) is 0 Å². The Bertz CT molecular complexity index is 282. The van der Waals surface area contributed by atoms with E-state index < -0.39 is 0 Å². The van der Waals surface area contributed by atoms with Gasteiger partial charge in [-0.05, 0) is 25.1 Å². The third-order valence-corrected chi connectivity index (χ3v) is 2.57. The predicted octanol–water partition coefficient (Wildman–Crippen LogP) is 0.837. The standard InChI is InChI=1S/C11H22N4/c1-4-15(8-10(2)7-12)9-11-5-6-14(3)13-11/h5-6,10H,4,7-9,12H2,1-3H3. The van der Waals surface area contributed by atoms with E-state index in [9.17, 15) is 0 Å². The predicted molar refractivity (Wildman–Crippen MR) is 62.4 cm³/mol. The van der Waals surface area contributed by atoms with E-state index in [1.54, 1.807) is 0 Å². The third kappa shape index (κ3) is 4.01. The maximum atomic E-state index is 5.63. The molecule has 0 saturated carbocycles. The Hall–Kier alpha value is -0.870. The second kappa shape index (κ2) is 5.88. The SMILES string of the molecule is CCN(Cc1ccn(C)n1)CC(C)CN. The molecule has 0 spiro atoms. The summed E-state index contributed by atoms with van der Waals surface area (Å²) in [5.41, 5.74) is 6.75. The van der Waals surface area contributed by atoms with Crippen LogP contribution in [-0.2, 0) is 13.6 Å². The Kier molecular flexibility index (Phi) is 4.78. The zero-order valence-corrected chi connectivity index (χ0v) is 9.98. The van der Waals surface area contributed by atoms with Crippen LogP contribution < -0.4 is 5.73 Å². The van der Waals surface area contributed by atoms with Gasteiger partial charge in [0.15, 0.2) is 0 Å². The Morgan fingerprint density at radius 2 is 2.33 bits per heavy atom. The summed E-state index contributed by atoms with van der Waals surface area (Å²) in [6.07, 6.45) is 1.98. The number of rotatable bonds is 6. The van der Waals surface area contributed by atoms with Gasteiger partial charge in [-0.25, -0.2) is 0 Å². The normalized spacial score (nSPS) is 13.4. The lowest BCUT2D eigenvalue weighted by Gasteiger charge is -2.22. The monoisotopic (exact) mass is 210 g/mol. The fourth-order valence-corrected chi connectivity index (χ4v) is 1.60. The number of aryl methyl sites for hydroxylation is 1. The number of aromatic nitrogens is 2. The van der Waals surface area contributed by atoms with Crippen LogP contribution in [-0.4, -0.2) is 34.3 Å². The van der Waals surface area contributed by atoms with Crippen LogP contribution in [0.1, 0.15) is 19.5 Å². The summed E-state index contributed by atoms with van der Waals surface area (Å²) in [5.74, 6) is 0.550. The Balaban J connectivity index is 2.46. The molecule has 0 saturated heterocycles. The smallest absolute Gasteiger partial charge is 0.0764 e. The van der Waals surface area contributed by atoms with E-state index >= 15 is 0 Å². The minimum atomic E-state index is 0.550. The van der Waals surface area contributed by atoms with Crippen molar-refractivity contribution >= 4 is 0 Å². The molecule has 1 unspecified atom stereocenters. The second-order valence-corrected chi connectivity index (χ2v) is 4.15. The lowest BCUT2D eigenvalue weighted by molar-refractivity contribution is 0.240. The van der Waals surface area contributed by atoms with Crippen molar-refractivity contribution in [1.29, 1.82) is 0 Å². The molecule has 0 radical (unpaired) electrons. The van der Waals surface area contributed by atoms with Crippen LogP contribution >= 0.6 is 0 Å². The first-order valence-electron chi connectivity index (χ1n) is 5.56. The molecule has 0 aliphatic rings. The molecule has 86 valence electrons. The molecule has 1 atom stereocenters. The van der Waals surface area contributed by atoms with E-state index in [1.165, 1.54) is 0 Å². The molecule has 1 aromatic rings. The van der Waals surface area contributed by atoms with Gasteiger partial charge in [-0.1, -0.05) is 13.8 Å². The highest BCUT2D eigenvalue weighted by molar-refractivity contribution is 4.98. The van der Waals surface area contributed by atoms with E-state index in [1.807, 2.05) is 17.9 Å². The minimum Gasteiger partial charge on any atom is -0.330 e. The largest absolute Gasteiger partial charge is 0.330 e. The van der Waals surface area contributed by atoms with Crippen LogP contribution in [0.25, 0.3) is 0 Å². The van der Waals surface area contributed by atoms with Crippen LogP contribution in [0, 0.1) is 5.92 Å². The van der Waals surface area contributed by atoms with Crippen molar-refractivity contribution < 1.29 is 0 Å². The van der Waals surface area contributed by atoms with Crippen molar-refractivity contribution in [2.24, 2.45) is 18.7 Å². The summed E-state index contributed by atoms with van der Waals surface area (Å²) in [6.45, 7) is 8.11. The summed E-state index contributed by atoms with van der Waals surface area (Å²) in [6, 6.07) is 2.07. The molecular weight excluding hydrogens is 188 g/mol. The first kappa shape index (κ1) is 12.2. The number of hydrogen-bond acceptors (Lipinski definition) is 3. The summed E-state index contributed by atoms with van der Waals surface area (Å²) >= 11 is 0. The van der Waals surface area contributed by atoms with Gasteiger partial charge >= 0.3 is 0 Å². The van der Waals surface area contributed by atoms with Gasteiger partial charge in [0.25, 0.3) is 0 Å². The van der Waals surface area contributed by atoms with Gasteiger partial charge in [0, 0.05) is 26.3 Å². The highest BCUT2D eigenvalue weighted by Crippen LogP contribution is 2.04. The molecular formula is C11H22N4. The maximum Gasteiger partial charge on any atom is 0.0764 e. The van der Waals surface area contributed by atoms with E-state index in [-0.39, 0.29) is 0 Å². The second-order valence-electron chi connectivity index (χ2n) is 4.15. The zero-order valence-electron chi connectivity index (χ0n) is 9.98. The van der Waals surface area contributed by atoms with Crippen molar-refractivity contribution in [3.8, 4) is 0 Å². The van der Waals surface area contributed by atoms with Crippen LogP contribution in [0.4, 0.5) is 0 Å². The van der Waals surface area contributed by atoms with Crippen LogP contribution in [0.5, 0.6) is 0 Å². The Labute approximate surface area is 92.1 Å². The molecule has 0 aliphatic carbocycles. The molecule has 1 aromatic heterocycles. The van der Waals surface area contributed by atoms with Crippen molar-refractivity contribution in [2.75, 3.05) is 19.6 Å². The molecule has 1 heterocycles. The first-order valence-corrected chi connectivity index (χ1v) is 5.56. The van der Waals surface area contributed by atoms with E-state index in [0.717, 1.165) is 31.9 Å². The molecule has 0 bridgehead atoms. The van der Waals surface area contributed by atoms with Gasteiger partial charge in [-0.15, -0.1) is 0 Å². The Morgan fingerprint density at radius 3 is 2.80 bits per heavy atom. The van der Waals surface area contributed by atoms with E-state index in [2.05, 4.69) is 29.9 Å². The van der Waals surface area contributed by atoms with Gasteiger partial charge in [-0.3, -0.25) is 9.58 Å².